The average Bonchev–Trinajstić information content (AvgIpc) is 2.80. The molecule has 96 valence electrons. The molecule has 0 saturated heterocycles. The predicted molar refractivity (Wildman–Crippen MR) is 72.7 cm³/mol. The minimum Gasteiger partial charge on any atom is -0.310 e. The van der Waals surface area contributed by atoms with Crippen LogP contribution in [0.4, 0.5) is 0 Å². The van der Waals surface area contributed by atoms with E-state index < -0.39 is 0 Å². The third-order valence-corrected chi connectivity index (χ3v) is 2.90. The van der Waals surface area contributed by atoms with Crippen molar-refractivity contribution in [3.8, 4) is 5.69 Å². The Bertz CT molecular complexity index is 488. The Hall–Kier alpha value is -1.68. The summed E-state index contributed by atoms with van der Waals surface area (Å²) in [5.74, 6) is 0. The molecule has 0 unspecified atom stereocenters. The second kappa shape index (κ2) is 5.78. The first-order valence-electron chi connectivity index (χ1n) is 6.42. The maximum absolute atomic E-state index is 4.48. The van der Waals surface area contributed by atoms with Gasteiger partial charge in [0.15, 0.2) is 0 Å². The van der Waals surface area contributed by atoms with Gasteiger partial charge in [-0.3, -0.25) is 4.98 Å². The third-order valence-electron chi connectivity index (χ3n) is 2.90. The fraction of sp³-hybridized carbons (Fsp3) is 0.429. The van der Waals surface area contributed by atoms with E-state index in [-0.39, 0.29) is 0 Å². The second-order valence-corrected chi connectivity index (χ2v) is 4.62. The van der Waals surface area contributed by atoms with Crippen LogP contribution in [-0.4, -0.2) is 20.8 Å². The van der Waals surface area contributed by atoms with Crippen molar-refractivity contribution in [3.63, 3.8) is 0 Å². The Morgan fingerprint density at radius 3 is 2.61 bits per heavy atom. The molecule has 0 spiro atoms. The van der Waals surface area contributed by atoms with Gasteiger partial charge < -0.3 is 5.32 Å². The number of hydrogen-bond donors (Lipinski definition) is 1. The van der Waals surface area contributed by atoms with E-state index >= 15 is 0 Å². The number of nitrogens with one attached hydrogen (secondary N) is 1. The quantitative estimate of drug-likeness (QED) is 0.877. The predicted octanol–water partition coefficient (Wildman–Crippen LogP) is 2.33. The van der Waals surface area contributed by atoms with Crippen molar-refractivity contribution in [1.29, 1.82) is 0 Å². The molecule has 2 aromatic rings. The topological polar surface area (TPSA) is 42.7 Å². The van der Waals surface area contributed by atoms with E-state index in [2.05, 4.69) is 36.2 Å². The zero-order valence-corrected chi connectivity index (χ0v) is 11.2. The van der Waals surface area contributed by atoms with Crippen molar-refractivity contribution in [3.05, 3.63) is 42.0 Å². The Morgan fingerprint density at radius 1 is 1.28 bits per heavy atom. The molecule has 0 aliphatic carbocycles. The average molecular weight is 244 g/mol. The monoisotopic (exact) mass is 244 g/mol. The van der Waals surface area contributed by atoms with Crippen LogP contribution in [0, 0.1) is 0 Å². The van der Waals surface area contributed by atoms with E-state index in [1.165, 1.54) is 11.3 Å². The van der Waals surface area contributed by atoms with Gasteiger partial charge in [-0.15, -0.1) is 0 Å². The highest BCUT2D eigenvalue weighted by atomic mass is 15.3. The van der Waals surface area contributed by atoms with Crippen LogP contribution >= 0.6 is 0 Å². The van der Waals surface area contributed by atoms with E-state index in [0.29, 0.717) is 6.04 Å². The van der Waals surface area contributed by atoms with E-state index in [1.54, 1.807) is 12.4 Å². The summed E-state index contributed by atoms with van der Waals surface area (Å²) in [7, 11) is 0. The minimum absolute atomic E-state index is 0.485. The second-order valence-electron chi connectivity index (χ2n) is 4.62. The highest BCUT2D eigenvalue weighted by Crippen LogP contribution is 2.15. The molecule has 0 aliphatic rings. The number of rotatable bonds is 5. The Morgan fingerprint density at radius 2 is 2.00 bits per heavy atom. The van der Waals surface area contributed by atoms with Gasteiger partial charge in [-0.2, -0.15) is 5.10 Å². The standard InChI is InChI=1S/C14H20N4/c1-4-14-12(9-16-11(2)3)10-17-18(14)13-5-7-15-8-6-13/h5-8,10-11,16H,4,9H2,1-3H3. The lowest BCUT2D eigenvalue weighted by Crippen LogP contribution is -2.22. The van der Waals surface area contributed by atoms with Gasteiger partial charge in [0, 0.05) is 36.2 Å². The van der Waals surface area contributed by atoms with Crippen LogP contribution in [-0.2, 0) is 13.0 Å². The van der Waals surface area contributed by atoms with Crippen LogP contribution < -0.4 is 5.32 Å². The summed E-state index contributed by atoms with van der Waals surface area (Å²) >= 11 is 0. The third kappa shape index (κ3) is 2.76. The summed E-state index contributed by atoms with van der Waals surface area (Å²) in [6.07, 6.45) is 6.51. The molecule has 4 nitrogen and oxygen atoms in total. The summed E-state index contributed by atoms with van der Waals surface area (Å²) in [5.41, 5.74) is 3.59. The Balaban J connectivity index is 2.27. The van der Waals surface area contributed by atoms with Crippen molar-refractivity contribution in [2.45, 2.75) is 39.8 Å². The largest absolute Gasteiger partial charge is 0.310 e. The number of hydrogen-bond acceptors (Lipinski definition) is 3. The summed E-state index contributed by atoms with van der Waals surface area (Å²) in [5, 5.41) is 7.92. The molecular formula is C14H20N4. The van der Waals surface area contributed by atoms with Gasteiger partial charge in [0.2, 0.25) is 0 Å². The van der Waals surface area contributed by atoms with Gasteiger partial charge in [0.25, 0.3) is 0 Å². The van der Waals surface area contributed by atoms with Gasteiger partial charge in [-0.05, 0) is 18.6 Å². The van der Waals surface area contributed by atoms with Crippen molar-refractivity contribution in [2.75, 3.05) is 0 Å². The minimum atomic E-state index is 0.485. The molecule has 0 aromatic carbocycles. The lowest BCUT2D eigenvalue weighted by Gasteiger charge is -2.10. The fourth-order valence-corrected chi connectivity index (χ4v) is 1.95. The van der Waals surface area contributed by atoms with E-state index in [4.69, 9.17) is 0 Å². The molecule has 0 saturated carbocycles. The molecular weight excluding hydrogens is 224 g/mol. The van der Waals surface area contributed by atoms with Crippen LogP contribution in [0.3, 0.4) is 0 Å². The lowest BCUT2D eigenvalue weighted by molar-refractivity contribution is 0.586. The van der Waals surface area contributed by atoms with Gasteiger partial charge in [-0.25, -0.2) is 4.68 Å². The van der Waals surface area contributed by atoms with E-state index in [0.717, 1.165) is 18.7 Å². The molecule has 0 aliphatic heterocycles. The van der Waals surface area contributed by atoms with E-state index in [9.17, 15) is 0 Å². The van der Waals surface area contributed by atoms with Gasteiger partial charge in [-0.1, -0.05) is 20.8 Å². The molecule has 0 atom stereocenters. The summed E-state index contributed by atoms with van der Waals surface area (Å²) < 4.78 is 2.00. The first-order valence-corrected chi connectivity index (χ1v) is 6.42. The summed E-state index contributed by atoms with van der Waals surface area (Å²) in [6.45, 7) is 7.33. The molecule has 0 fully saturated rings. The lowest BCUT2D eigenvalue weighted by atomic mass is 10.2. The summed E-state index contributed by atoms with van der Waals surface area (Å²) in [6, 6.07) is 4.44. The highest BCUT2D eigenvalue weighted by Gasteiger charge is 2.10. The van der Waals surface area contributed by atoms with Crippen LogP contribution in [0.5, 0.6) is 0 Å². The zero-order valence-electron chi connectivity index (χ0n) is 11.2. The van der Waals surface area contributed by atoms with Gasteiger partial charge in [0.1, 0.15) is 0 Å². The SMILES string of the molecule is CCc1c(CNC(C)C)cnn1-c1ccncc1. The molecule has 0 amide bonds. The number of pyridine rings is 1. The molecule has 0 radical (unpaired) electrons. The zero-order chi connectivity index (χ0) is 13.0. The first kappa shape index (κ1) is 12.8. The van der Waals surface area contributed by atoms with E-state index in [1.807, 2.05) is 23.0 Å². The fourth-order valence-electron chi connectivity index (χ4n) is 1.95. The molecule has 4 heteroatoms. The summed E-state index contributed by atoms with van der Waals surface area (Å²) in [4.78, 5) is 4.04. The molecule has 2 aromatic heterocycles. The maximum Gasteiger partial charge on any atom is 0.0679 e. The normalized spacial score (nSPS) is 11.1. The Labute approximate surface area is 108 Å². The number of nitrogens with zero attached hydrogens (tertiary/aromatic N) is 3. The molecule has 2 heterocycles. The van der Waals surface area contributed by atoms with Crippen LogP contribution in [0.15, 0.2) is 30.7 Å². The molecule has 1 N–H and O–H groups in total. The molecule has 2 rings (SSSR count). The number of aromatic nitrogens is 3. The molecule has 18 heavy (non-hydrogen) atoms. The van der Waals surface area contributed by atoms with Crippen LogP contribution in [0.1, 0.15) is 32.0 Å². The Kier molecular flexibility index (Phi) is 4.10. The van der Waals surface area contributed by atoms with Crippen LogP contribution in [0.2, 0.25) is 0 Å². The smallest absolute Gasteiger partial charge is 0.0679 e. The molecule has 0 bridgehead atoms. The van der Waals surface area contributed by atoms with Gasteiger partial charge in [0.05, 0.1) is 11.9 Å². The van der Waals surface area contributed by atoms with Crippen molar-refractivity contribution >= 4 is 0 Å². The maximum atomic E-state index is 4.48. The van der Waals surface area contributed by atoms with Crippen LogP contribution in [0.25, 0.3) is 5.69 Å². The van der Waals surface area contributed by atoms with Gasteiger partial charge >= 0.3 is 0 Å². The van der Waals surface area contributed by atoms with Crippen molar-refractivity contribution in [1.82, 2.24) is 20.1 Å². The first-order chi connectivity index (χ1) is 8.72. The van der Waals surface area contributed by atoms with Crippen molar-refractivity contribution < 1.29 is 0 Å². The highest BCUT2D eigenvalue weighted by molar-refractivity contribution is 5.33. The van der Waals surface area contributed by atoms with Crippen molar-refractivity contribution in [2.24, 2.45) is 0 Å².